The molecule has 24 heavy (non-hydrogen) atoms. The SMILES string of the molecule is Nc1ccc(N[C@H]2CCCN(C(=O)c3ccc(Cl)cn3)CC2)cn1. The first-order chi connectivity index (χ1) is 11.6. The van der Waals surface area contributed by atoms with Crippen molar-refractivity contribution in [1.82, 2.24) is 14.9 Å². The van der Waals surface area contributed by atoms with Gasteiger partial charge in [-0.1, -0.05) is 11.6 Å². The van der Waals surface area contributed by atoms with Crippen molar-refractivity contribution in [3.8, 4) is 0 Å². The zero-order chi connectivity index (χ0) is 16.9. The van der Waals surface area contributed by atoms with Crippen LogP contribution in [0.15, 0.2) is 36.7 Å². The molecule has 1 saturated heterocycles. The van der Waals surface area contributed by atoms with E-state index in [9.17, 15) is 4.79 Å². The maximum Gasteiger partial charge on any atom is 0.272 e. The summed E-state index contributed by atoms with van der Waals surface area (Å²) in [5, 5.41) is 4.00. The number of amides is 1. The molecule has 0 aromatic carbocycles. The van der Waals surface area contributed by atoms with Gasteiger partial charge in [-0.3, -0.25) is 4.79 Å². The zero-order valence-electron chi connectivity index (χ0n) is 13.3. The normalized spacial score (nSPS) is 18.0. The molecule has 6 nitrogen and oxygen atoms in total. The lowest BCUT2D eigenvalue weighted by molar-refractivity contribution is 0.0755. The van der Waals surface area contributed by atoms with Crippen LogP contribution in [0.25, 0.3) is 0 Å². The fourth-order valence-corrected chi connectivity index (χ4v) is 2.95. The molecule has 7 heteroatoms. The van der Waals surface area contributed by atoms with Gasteiger partial charge in [0.15, 0.2) is 0 Å². The average molecular weight is 346 g/mol. The molecule has 1 amide bonds. The van der Waals surface area contributed by atoms with E-state index in [0.29, 0.717) is 29.1 Å². The van der Waals surface area contributed by atoms with Gasteiger partial charge in [0.1, 0.15) is 11.5 Å². The second kappa shape index (κ2) is 7.49. The van der Waals surface area contributed by atoms with E-state index in [1.165, 1.54) is 6.20 Å². The van der Waals surface area contributed by atoms with E-state index in [4.69, 9.17) is 17.3 Å². The molecule has 0 saturated carbocycles. The van der Waals surface area contributed by atoms with Gasteiger partial charge < -0.3 is 16.0 Å². The van der Waals surface area contributed by atoms with Crippen molar-refractivity contribution in [3.63, 3.8) is 0 Å². The van der Waals surface area contributed by atoms with Crippen LogP contribution in [0.1, 0.15) is 29.8 Å². The minimum atomic E-state index is -0.0403. The Labute approximate surface area is 146 Å². The quantitative estimate of drug-likeness (QED) is 0.893. The van der Waals surface area contributed by atoms with Crippen molar-refractivity contribution in [1.29, 1.82) is 0 Å². The third-order valence-electron chi connectivity index (χ3n) is 4.12. The smallest absolute Gasteiger partial charge is 0.272 e. The largest absolute Gasteiger partial charge is 0.384 e. The second-order valence-corrected chi connectivity index (χ2v) is 6.33. The van der Waals surface area contributed by atoms with Gasteiger partial charge in [-0.2, -0.15) is 0 Å². The molecule has 3 heterocycles. The Morgan fingerprint density at radius 2 is 2.04 bits per heavy atom. The standard InChI is InChI=1S/C17H20ClN5O/c18-12-3-5-15(20-10-12)17(24)23-8-1-2-13(7-9-23)22-14-4-6-16(19)21-11-14/h3-6,10-11,13,22H,1-2,7-9H2,(H2,19,21)/t13-/m0/s1. The molecule has 3 N–H and O–H groups in total. The predicted molar refractivity (Wildman–Crippen MR) is 95.1 cm³/mol. The van der Waals surface area contributed by atoms with E-state index >= 15 is 0 Å². The number of halogens is 1. The molecule has 0 spiro atoms. The number of nitrogens with zero attached hydrogens (tertiary/aromatic N) is 3. The van der Waals surface area contributed by atoms with Crippen LogP contribution in [0.3, 0.4) is 0 Å². The minimum absolute atomic E-state index is 0.0403. The number of nitrogens with one attached hydrogen (secondary N) is 1. The van der Waals surface area contributed by atoms with Crippen molar-refractivity contribution in [3.05, 3.63) is 47.4 Å². The molecule has 0 bridgehead atoms. The van der Waals surface area contributed by atoms with Crippen molar-refractivity contribution in [2.24, 2.45) is 0 Å². The van der Waals surface area contributed by atoms with Gasteiger partial charge in [-0.25, -0.2) is 9.97 Å². The van der Waals surface area contributed by atoms with Gasteiger partial charge in [-0.15, -0.1) is 0 Å². The number of anilines is 2. The highest BCUT2D eigenvalue weighted by molar-refractivity contribution is 6.30. The van der Waals surface area contributed by atoms with E-state index < -0.39 is 0 Å². The van der Waals surface area contributed by atoms with Crippen LogP contribution in [0, 0.1) is 0 Å². The molecular formula is C17H20ClN5O. The fraction of sp³-hybridized carbons (Fsp3) is 0.353. The molecular weight excluding hydrogens is 326 g/mol. The van der Waals surface area contributed by atoms with Crippen molar-refractivity contribution in [2.75, 3.05) is 24.1 Å². The highest BCUT2D eigenvalue weighted by Gasteiger charge is 2.22. The number of likely N-dealkylation sites (tertiary alicyclic amines) is 1. The molecule has 2 aromatic rings. The number of nitrogens with two attached hydrogens (primary N) is 1. The number of hydrogen-bond acceptors (Lipinski definition) is 5. The number of nitrogen functional groups attached to an aromatic ring is 1. The van der Waals surface area contributed by atoms with E-state index in [0.717, 1.165) is 31.5 Å². The van der Waals surface area contributed by atoms with Gasteiger partial charge in [0.25, 0.3) is 5.91 Å². The topological polar surface area (TPSA) is 84.1 Å². The van der Waals surface area contributed by atoms with Crippen LogP contribution >= 0.6 is 11.6 Å². The predicted octanol–water partition coefficient (Wildman–Crippen LogP) is 2.82. The van der Waals surface area contributed by atoms with Crippen LogP contribution in [0.4, 0.5) is 11.5 Å². The van der Waals surface area contributed by atoms with E-state index in [1.54, 1.807) is 24.4 Å². The van der Waals surface area contributed by atoms with Crippen molar-refractivity contribution in [2.45, 2.75) is 25.3 Å². The van der Waals surface area contributed by atoms with Crippen LogP contribution in [0.2, 0.25) is 5.02 Å². The molecule has 0 aliphatic carbocycles. The summed E-state index contributed by atoms with van der Waals surface area (Å²) in [5.74, 6) is 0.468. The summed E-state index contributed by atoms with van der Waals surface area (Å²) in [6, 6.07) is 7.38. The molecule has 1 fully saturated rings. The third-order valence-corrected chi connectivity index (χ3v) is 4.34. The van der Waals surface area contributed by atoms with Crippen LogP contribution in [0.5, 0.6) is 0 Å². The van der Waals surface area contributed by atoms with E-state index in [1.807, 2.05) is 11.0 Å². The Morgan fingerprint density at radius 1 is 1.17 bits per heavy atom. The van der Waals surface area contributed by atoms with E-state index in [2.05, 4.69) is 15.3 Å². The lowest BCUT2D eigenvalue weighted by atomic mass is 10.1. The van der Waals surface area contributed by atoms with Gasteiger partial charge in [-0.05, 0) is 43.5 Å². The summed E-state index contributed by atoms with van der Waals surface area (Å²) < 4.78 is 0. The van der Waals surface area contributed by atoms with Gasteiger partial charge in [0.05, 0.1) is 16.9 Å². The Hall–Kier alpha value is -2.34. The summed E-state index contributed by atoms with van der Waals surface area (Å²) >= 11 is 5.83. The molecule has 0 radical (unpaired) electrons. The maximum atomic E-state index is 12.5. The minimum Gasteiger partial charge on any atom is -0.384 e. The number of carbonyl (C=O) groups excluding carboxylic acids is 1. The number of carbonyl (C=O) groups is 1. The first-order valence-electron chi connectivity index (χ1n) is 8.01. The highest BCUT2D eigenvalue weighted by Crippen LogP contribution is 2.18. The monoisotopic (exact) mass is 345 g/mol. The molecule has 3 rings (SSSR count). The molecule has 2 aromatic heterocycles. The van der Waals surface area contributed by atoms with Crippen molar-refractivity contribution >= 4 is 29.0 Å². The lowest BCUT2D eigenvalue weighted by Crippen LogP contribution is -2.33. The number of rotatable bonds is 3. The molecule has 0 unspecified atom stereocenters. The lowest BCUT2D eigenvalue weighted by Gasteiger charge is -2.21. The molecule has 126 valence electrons. The first-order valence-corrected chi connectivity index (χ1v) is 8.38. The van der Waals surface area contributed by atoms with Crippen LogP contribution in [-0.2, 0) is 0 Å². The van der Waals surface area contributed by atoms with Crippen LogP contribution < -0.4 is 11.1 Å². The van der Waals surface area contributed by atoms with Crippen molar-refractivity contribution < 1.29 is 4.79 Å². The van der Waals surface area contributed by atoms with Gasteiger partial charge in [0, 0.05) is 25.3 Å². The number of hydrogen-bond donors (Lipinski definition) is 2. The number of aromatic nitrogens is 2. The first kappa shape index (κ1) is 16.5. The van der Waals surface area contributed by atoms with Gasteiger partial charge >= 0.3 is 0 Å². The van der Waals surface area contributed by atoms with E-state index in [-0.39, 0.29) is 5.91 Å². The number of pyridine rings is 2. The Kier molecular flexibility index (Phi) is 5.15. The highest BCUT2D eigenvalue weighted by atomic mass is 35.5. The summed E-state index contributed by atoms with van der Waals surface area (Å²) in [4.78, 5) is 22.6. The Balaban J connectivity index is 1.59. The Bertz CT molecular complexity index is 689. The molecule has 1 aliphatic heterocycles. The van der Waals surface area contributed by atoms with Gasteiger partial charge in [0.2, 0.25) is 0 Å². The molecule has 1 aliphatic rings. The Morgan fingerprint density at radius 3 is 2.75 bits per heavy atom. The summed E-state index contributed by atoms with van der Waals surface area (Å²) in [6.45, 7) is 1.44. The fourth-order valence-electron chi connectivity index (χ4n) is 2.83. The summed E-state index contributed by atoms with van der Waals surface area (Å²) in [5.41, 5.74) is 6.99. The summed E-state index contributed by atoms with van der Waals surface area (Å²) in [6.07, 6.45) is 6.07. The second-order valence-electron chi connectivity index (χ2n) is 5.90. The average Bonchev–Trinajstić information content (AvgIpc) is 2.83. The zero-order valence-corrected chi connectivity index (χ0v) is 14.0. The van der Waals surface area contributed by atoms with Crippen LogP contribution in [-0.4, -0.2) is 39.9 Å². The summed E-state index contributed by atoms with van der Waals surface area (Å²) in [7, 11) is 0. The molecule has 1 atom stereocenters. The maximum absolute atomic E-state index is 12.5. The third kappa shape index (κ3) is 4.14.